The van der Waals surface area contributed by atoms with Crippen LogP contribution in [0.5, 0.6) is 0 Å². The number of alkyl halides is 3. The van der Waals surface area contributed by atoms with Gasteiger partial charge < -0.3 is 10.2 Å². The van der Waals surface area contributed by atoms with E-state index in [-0.39, 0.29) is 32.9 Å². The fraction of sp³-hybridized carbons (Fsp3) is 0.333. The number of unbranched alkanes of at least 4 members (excludes halogenated alkanes) is 1. The number of sulfonamides is 1. The van der Waals surface area contributed by atoms with E-state index in [1.165, 1.54) is 41.3 Å². The largest absolute Gasteiger partial charge is 0.416 e. The lowest BCUT2D eigenvalue weighted by atomic mass is 10.1. The normalized spacial score (nSPS) is 12.5. The predicted molar refractivity (Wildman–Crippen MR) is 166 cm³/mol. The Hall–Kier alpha value is -2.99. The van der Waals surface area contributed by atoms with Crippen molar-refractivity contribution in [3.05, 3.63) is 92.9 Å². The molecule has 3 rings (SSSR count). The van der Waals surface area contributed by atoms with E-state index in [9.17, 15) is 31.2 Å². The minimum Gasteiger partial charge on any atom is -0.354 e. The van der Waals surface area contributed by atoms with Crippen molar-refractivity contribution in [2.75, 3.05) is 17.4 Å². The van der Waals surface area contributed by atoms with Gasteiger partial charge in [-0.15, -0.1) is 0 Å². The molecule has 0 saturated carbocycles. The Labute approximate surface area is 269 Å². The first-order valence-electron chi connectivity index (χ1n) is 13.7. The van der Waals surface area contributed by atoms with Gasteiger partial charge in [0.2, 0.25) is 11.8 Å². The molecule has 0 spiro atoms. The van der Waals surface area contributed by atoms with Crippen LogP contribution in [-0.2, 0) is 32.3 Å². The van der Waals surface area contributed by atoms with Gasteiger partial charge in [0.25, 0.3) is 10.0 Å². The third-order valence-electron chi connectivity index (χ3n) is 6.70. The van der Waals surface area contributed by atoms with Crippen LogP contribution in [0.4, 0.5) is 18.9 Å². The van der Waals surface area contributed by atoms with Crippen molar-refractivity contribution in [3.8, 4) is 0 Å². The van der Waals surface area contributed by atoms with E-state index in [1.54, 1.807) is 19.1 Å². The number of carbonyl (C=O) groups excluding carboxylic acids is 2. The van der Waals surface area contributed by atoms with Gasteiger partial charge in [-0.2, -0.15) is 13.2 Å². The highest BCUT2D eigenvalue weighted by molar-refractivity contribution is 7.92. The van der Waals surface area contributed by atoms with Gasteiger partial charge in [0.05, 0.1) is 31.2 Å². The van der Waals surface area contributed by atoms with Crippen molar-refractivity contribution in [3.63, 3.8) is 0 Å². The van der Waals surface area contributed by atoms with Crippen LogP contribution in [0.3, 0.4) is 0 Å². The Kier molecular flexibility index (Phi) is 12.4. The minimum atomic E-state index is -4.82. The van der Waals surface area contributed by atoms with Crippen LogP contribution < -0.4 is 9.62 Å². The van der Waals surface area contributed by atoms with E-state index in [0.29, 0.717) is 35.0 Å². The van der Waals surface area contributed by atoms with Gasteiger partial charge in [-0.05, 0) is 60.9 Å². The van der Waals surface area contributed by atoms with Crippen LogP contribution in [0, 0.1) is 0 Å². The van der Waals surface area contributed by atoms with Crippen molar-refractivity contribution in [2.45, 2.75) is 56.8 Å². The Balaban J connectivity index is 2.14. The molecule has 0 saturated heterocycles. The molecule has 0 fully saturated rings. The molecule has 0 aliphatic rings. The molecule has 0 radical (unpaired) electrons. The smallest absolute Gasteiger partial charge is 0.354 e. The molecule has 3 aromatic rings. The molecule has 2 amide bonds. The van der Waals surface area contributed by atoms with Crippen LogP contribution in [-0.4, -0.2) is 44.3 Å². The van der Waals surface area contributed by atoms with Crippen LogP contribution >= 0.6 is 34.8 Å². The summed E-state index contributed by atoms with van der Waals surface area (Å²) in [4.78, 5) is 28.3. The monoisotopic (exact) mass is 691 g/mol. The maximum atomic E-state index is 14.1. The van der Waals surface area contributed by atoms with Crippen molar-refractivity contribution in [1.82, 2.24) is 10.2 Å². The van der Waals surface area contributed by atoms with Crippen molar-refractivity contribution in [1.29, 1.82) is 0 Å². The number of hydrogen-bond donors (Lipinski definition) is 1. The predicted octanol–water partition coefficient (Wildman–Crippen LogP) is 7.58. The average molecular weight is 693 g/mol. The second-order valence-electron chi connectivity index (χ2n) is 9.83. The zero-order valence-corrected chi connectivity index (χ0v) is 27.0. The molecule has 0 unspecified atom stereocenters. The maximum Gasteiger partial charge on any atom is 0.416 e. The molecule has 0 bridgehead atoms. The number of carbonyl (C=O) groups is 2. The topological polar surface area (TPSA) is 86.8 Å². The zero-order chi connectivity index (χ0) is 32.7. The van der Waals surface area contributed by atoms with Gasteiger partial charge in [-0.1, -0.05) is 79.3 Å². The summed E-state index contributed by atoms with van der Waals surface area (Å²) in [5.74, 6) is -1.33. The maximum absolute atomic E-state index is 14.1. The van der Waals surface area contributed by atoms with Gasteiger partial charge in [0.1, 0.15) is 12.6 Å². The fourth-order valence-electron chi connectivity index (χ4n) is 4.37. The molecule has 0 aromatic heterocycles. The van der Waals surface area contributed by atoms with Gasteiger partial charge in [0.15, 0.2) is 0 Å². The van der Waals surface area contributed by atoms with Gasteiger partial charge >= 0.3 is 6.18 Å². The molecule has 44 heavy (non-hydrogen) atoms. The third-order valence-corrected chi connectivity index (χ3v) is 9.54. The highest BCUT2D eigenvalue weighted by Gasteiger charge is 2.37. The van der Waals surface area contributed by atoms with Crippen LogP contribution in [0.2, 0.25) is 15.1 Å². The quantitative estimate of drug-likeness (QED) is 0.187. The molecule has 1 atom stereocenters. The van der Waals surface area contributed by atoms with Crippen molar-refractivity contribution < 1.29 is 31.2 Å². The Morgan fingerprint density at radius 1 is 0.909 bits per heavy atom. The summed E-state index contributed by atoms with van der Waals surface area (Å²) < 4.78 is 69.4. The Morgan fingerprint density at radius 2 is 1.57 bits per heavy atom. The molecule has 0 heterocycles. The summed E-state index contributed by atoms with van der Waals surface area (Å²) >= 11 is 18.5. The molecule has 238 valence electrons. The highest BCUT2D eigenvalue weighted by Crippen LogP contribution is 2.37. The van der Waals surface area contributed by atoms with Crippen LogP contribution in [0.25, 0.3) is 0 Å². The van der Waals surface area contributed by atoms with Crippen molar-refractivity contribution in [2.24, 2.45) is 0 Å². The lowest BCUT2D eigenvalue weighted by molar-refractivity contribution is -0.140. The summed E-state index contributed by atoms with van der Waals surface area (Å²) in [7, 11) is -4.63. The van der Waals surface area contributed by atoms with E-state index < -0.39 is 51.9 Å². The van der Waals surface area contributed by atoms with Gasteiger partial charge in [-0.3, -0.25) is 13.9 Å². The van der Waals surface area contributed by atoms with Crippen LogP contribution in [0.1, 0.15) is 44.2 Å². The lowest BCUT2D eigenvalue weighted by Crippen LogP contribution is -2.52. The Morgan fingerprint density at radius 3 is 2.16 bits per heavy atom. The van der Waals surface area contributed by atoms with E-state index in [2.05, 4.69) is 5.32 Å². The van der Waals surface area contributed by atoms with E-state index in [1.807, 2.05) is 6.92 Å². The molecule has 7 nitrogen and oxygen atoms in total. The molecule has 0 aliphatic heterocycles. The number of halogens is 6. The van der Waals surface area contributed by atoms with Crippen molar-refractivity contribution >= 4 is 62.3 Å². The summed E-state index contributed by atoms with van der Waals surface area (Å²) in [6.45, 7) is 2.85. The summed E-state index contributed by atoms with van der Waals surface area (Å²) in [5, 5.41) is 2.92. The average Bonchev–Trinajstić information content (AvgIpc) is 2.98. The second kappa shape index (κ2) is 15.3. The van der Waals surface area contributed by atoms with E-state index >= 15 is 0 Å². The van der Waals surface area contributed by atoms with E-state index in [0.717, 1.165) is 12.5 Å². The third kappa shape index (κ3) is 8.80. The molecule has 3 aromatic carbocycles. The number of anilines is 1. The van der Waals surface area contributed by atoms with E-state index in [4.69, 9.17) is 34.8 Å². The first-order valence-corrected chi connectivity index (χ1v) is 16.2. The lowest BCUT2D eigenvalue weighted by Gasteiger charge is -2.33. The van der Waals surface area contributed by atoms with Crippen LogP contribution in [0.15, 0.2) is 71.6 Å². The SMILES string of the molecule is CCCCNC(=O)[C@@H](CC)N(Cc1ccc(Cl)c(Cl)c1)C(=O)CN(c1cc(C(F)(F)F)ccc1Cl)S(=O)(=O)c1ccccc1. The first kappa shape index (κ1) is 35.5. The Bertz CT molecular complexity index is 1570. The number of nitrogens with one attached hydrogen (secondary N) is 1. The number of nitrogens with zero attached hydrogens (tertiary/aromatic N) is 2. The number of amides is 2. The zero-order valence-electron chi connectivity index (χ0n) is 23.9. The van der Waals surface area contributed by atoms with Gasteiger partial charge in [0, 0.05) is 13.1 Å². The highest BCUT2D eigenvalue weighted by atomic mass is 35.5. The summed E-state index contributed by atoms with van der Waals surface area (Å²) in [6, 6.07) is 12.7. The number of benzene rings is 3. The summed E-state index contributed by atoms with van der Waals surface area (Å²) in [5.41, 5.74) is -1.22. The second-order valence-corrected chi connectivity index (χ2v) is 12.9. The van der Waals surface area contributed by atoms with Gasteiger partial charge in [-0.25, -0.2) is 8.42 Å². The standard InChI is InChI=1S/C30H31Cl3F3N3O4S/c1-3-5-15-37-29(41)26(4-2)38(18-20-11-13-23(31)25(33)16-20)28(40)19-39(44(42,43)22-9-7-6-8-10-22)27-17-21(30(34,35)36)12-14-24(27)32/h6-14,16-17,26H,3-5,15,18-19H2,1-2H3,(H,37,41)/t26-/m1/s1. The molecule has 0 aliphatic carbocycles. The number of hydrogen-bond acceptors (Lipinski definition) is 4. The molecule has 14 heteroatoms. The first-order chi connectivity index (χ1) is 20.7. The minimum absolute atomic E-state index is 0.154. The molecular formula is C30H31Cl3F3N3O4S. The number of rotatable bonds is 13. The molecular weight excluding hydrogens is 662 g/mol. The summed E-state index contributed by atoms with van der Waals surface area (Å²) in [6.07, 6.45) is -3.16. The molecule has 1 N–H and O–H groups in total. The fourth-order valence-corrected chi connectivity index (χ4v) is 6.41.